The van der Waals surface area contributed by atoms with E-state index in [0.717, 1.165) is 44.8 Å². The van der Waals surface area contributed by atoms with Gasteiger partial charge in [0, 0.05) is 31.6 Å². The van der Waals surface area contributed by atoms with E-state index in [9.17, 15) is 0 Å². The minimum Gasteiger partial charge on any atom is -0.356 e. The van der Waals surface area contributed by atoms with E-state index in [-0.39, 0.29) is 6.23 Å². The highest BCUT2D eigenvalue weighted by atomic mass is 16.5. The lowest BCUT2D eigenvalue weighted by Crippen LogP contribution is -2.28. The van der Waals surface area contributed by atoms with Crippen molar-refractivity contribution in [3.05, 3.63) is 29.5 Å². The van der Waals surface area contributed by atoms with Crippen LogP contribution >= 0.6 is 0 Å². The quantitative estimate of drug-likeness (QED) is 0.815. The Bertz CT molecular complexity index is 673. The van der Waals surface area contributed by atoms with Crippen molar-refractivity contribution in [1.29, 1.82) is 0 Å². The first kappa shape index (κ1) is 17.4. The Balaban J connectivity index is 1.87. The summed E-state index contributed by atoms with van der Waals surface area (Å²) in [5.74, 6) is 0. The molecule has 0 spiro atoms. The Morgan fingerprint density at radius 2 is 2.04 bits per heavy atom. The zero-order valence-electron chi connectivity index (χ0n) is 15.5. The molecule has 0 bridgehead atoms. The third-order valence-corrected chi connectivity index (χ3v) is 4.72. The number of hydrogen-bond acceptors (Lipinski definition) is 4. The average molecular weight is 330 g/mol. The van der Waals surface area contributed by atoms with E-state index in [0.29, 0.717) is 0 Å². The largest absolute Gasteiger partial charge is 0.356 e. The first-order chi connectivity index (χ1) is 11.5. The molecule has 5 heteroatoms. The van der Waals surface area contributed by atoms with Crippen LogP contribution in [0, 0.1) is 6.92 Å². The van der Waals surface area contributed by atoms with E-state index in [1.807, 2.05) is 0 Å². The minimum absolute atomic E-state index is 0.0878. The van der Waals surface area contributed by atoms with Gasteiger partial charge in [-0.1, -0.05) is 11.6 Å². The molecule has 2 aromatic rings. The van der Waals surface area contributed by atoms with Gasteiger partial charge in [-0.25, -0.2) is 4.68 Å². The van der Waals surface area contributed by atoms with Crippen LogP contribution in [-0.4, -0.2) is 60.4 Å². The maximum Gasteiger partial charge on any atom is 0.150 e. The molecule has 0 saturated carbocycles. The smallest absolute Gasteiger partial charge is 0.150 e. The van der Waals surface area contributed by atoms with Gasteiger partial charge in [-0.15, -0.1) is 0 Å². The number of aryl methyl sites for hydroxylation is 1. The molecule has 0 amide bonds. The van der Waals surface area contributed by atoms with E-state index in [2.05, 4.69) is 60.7 Å². The van der Waals surface area contributed by atoms with Crippen molar-refractivity contribution >= 4 is 10.9 Å². The Morgan fingerprint density at radius 3 is 2.75 bits per heavy atom. The number of nitrogens with zero attached hydrogens (tertiary/aromatic N) is 4. The number of ether oxygens (including phenoxy) is 1. The van der Waals surface area contributed by atoms with Crippen LogP contribution in [-0.2, 0) is 11.3 Å². The van der Waals surface area contributed by atoms with Crippen LogP contribution in [0.5, 0.6) is 0 Å². The van der Waals surface area contributed by atoms with Crippen molar-refractivity contribution < 1.29 is 4.74 Å². The number of rotatable bonds is 6. The van der Waals surface area contributed by atoms with Gasteiger partial charge in [-0.2, -0.15) is 5.10 Å². The lowest BCUT2D eigenvalue weighted by Gasteiger charge is -2.23. The molecule has 1 unspecified atom stereocenters. The highest BCUT2D eigenvalue weighted by Crippen LogP contribution is 2.29. The number of aromatic nitrogens is 2. The van der Waals surface area contributed by atoms with Gasteiger partial charge >= 0.3 is 0 Å². The van der Waals surface area contributed by atoms with Crippen LogP contribution < -0.4 is 0 Å². The molecule has 1 saturated heterocycles. The summed E-state index contributed by atoms with van der Waals surface area (Å²) in [6.07, 6.45) is 3.52. The zero-order valence-corrected chi connectivity index (χ0v) is 15.5. The Kier molecular flexibility index (Phi) is 5.54. The maximum absolute atomic E-state index is 5.98. The SMILES string of the molecule is Cc1ccc2c(c1)c(CN(C)CCN(C)C)nn2C1CCCCO1. The lowest BCUT2D eigenvalue weighted by atomic mass is 10.1. The topological polar surface area (TPSA) is 33.5 Å². The monoisotopic (exact) mass is 330 g/mol. The van der Waals surface area contributed by atoms with Crippen molar-refractivity contribution in [1.82, 2.24) is 19.6 Å². The van der Waals surface area contributed by atoms with Crippen molar-refractivity contribution in [3.8, 4) is 0 Å². The van der Waals surface area contributed by atoms with E-state index < -0.39 is 0 Å². The van der Waals surface area contributed by atoms with Crippen molar-refractivity contribution in [2.45, 2.75) is 39.0 Å². The van der Waals surface area contributed by atoms with Gasteiger partial charge < -0.3 is 9.64 Å². The van der Waals surface area contributed by atoms with Crippen LogP contribution in [0.3, 0.4) is 0 Å². The first-order valence-corrected chi connectivity index (χ1v) is 8.97. The number of likely N-dealkylation sites (N-methyl/N-ethyl adjacent to an activating group) is 2. The Morgan fingerprint density at radius 1 is 1.21 bits per heavy atom. The van der Waals surface area contributed by atoms with Gasteiger partial charge in [-0.05, 0) is 59.5 Å². The second-order valence-corrected chi connectivity index (χ2v) is 7.27. The van der Waals surface area contributed by atoms with Crippen molar-refractivity contribution in [2.75, 3.05) is 40.8 Å². The van der Waals surface area contributed by atoms with Gasteiger partial charge in [0.2, 0.25) is 0 Å². The van der Waals surface area contributed by atoms with Gasteiger partial charge in [0.25, 0.3) is 0 Å². The van der Waals surface area contributed by atoms with Gasteiger partial charge in [0.1, 0.15) is 0 Å². The highest BCUT2D eigenvalue weighted by molar-refractivity contribution is 5.82. The number of benzene rings is 1. The van der Waals surface area contributed by atoms with Crippen molar-refractivity contribution in [2.24, 2.45) is 0 Å². The van der Waals surface area contributed by atoms with E-state index >= 15 is 0 Å². The number of hydrogen-bond donors (Lipinski definition) is 0. The summed E-state index contributed by atoms with van der Waals surface area (Å²) in [6.45, 7) is 5.95. The molecule has 1 aliphatic rings. The molecular formula is C19H30N4O. The Hall–Kier alpha value is -1.43. The molecule has 1 aromatic carbocycles. The second-order valence-electron chi connectivity index (χ2n) is 7.27. The standard InChI is InChI=1S/C19H30N4O/c1-15-8-9-18-16(13-15)17(14-22(4)11-10-21(2)3)20-23(18)19-7-5-6-12-24-19/h8-9,13,19H,5-7,10-12,14H2,1-4H3. The molecule has 1 atom stereocenters. The van der Waals surface area contributed by atoms with Crippen LogP contribution in [0.1, 0.15) is 36.7 Å². The molecule has 132 valence electrons. The molecule has 0 aliphatic carbocycles. The van der Waals surface area contributed by atoms with Crippen LogP contribution in [0.15, 0.2) is 18.2 Å². The molecule has 2 heterocycles. The summed E-state index contributed by atoms with van der Waals surface area (Å²) in [4.78, 5) is 4.56. The summed E-state index contributed by atoms with van der Waals surface area (Å²) >= 11 is 0. The van der Waals surface area contributed by atoms with Crippen molar-refractivity contribution in [3.63, 3.8) is 0 Å². The third-order valence-electron chi connectivity index (χ3n) is 4.72. The van der Waals surface area contributed by atoms with E-state index in [1.54, 1.807) is 0 Å². The lowest BCUT2D eigenvalue weighted by molar-refractivity contribution is -0.0369. The van der Waals surface area contributed by atoms with Crippen LogP contribution in [0.4, 0.5) is 0 Å². The molecule has 24 heavy (non-hydrogen) atoms. The normalized spacial score (nSPS) is 18.8. The van der Waals surface area contributed by atoms with Gasteiger partial charge in [-0.3, -0.25) is 4.90 Å². The zero-order chi connectivity index (χ0) is 17.1. The molecule has 1 fully saturated rings. The highest BCUT2D eigenvalue weighted by Gasteiger charge is 2.21. The first-order valence-electron chi connectivity index (χ1n) is 8.97. The fourth-order valence-electron chi connectivity index (χ4n) is 3.28. The fraction of sp³-hybridized carbons (Fsp3) is 0.632. The summed E-state index contributed by atoms with van der Waals surface area (Å²) in [7, 11) is 6.39. The number of fused-ring (bicyclic) bond motifs is 1. The fourth-order valence-corrected chi connectivity index (χ4v) is 3.28. The Labute approximate surface area is 145 Å². The molecular weight excluding hydrogens is 300 g/mol. The minimum atomic E-state index is 0.0878. The molecule has 5 nitrogen and oxygen atoms in total. The summed E-state index contributed by atoms with van der Waals surface area (Å²) in [6, 6.07) is 6.62. The predicted octanol–water partition coefficient (Wildman–Crippen LogP) is 3.04. The molecule has 1 aliphatic heterocycles. The predicted molar refractivity (Wildman–Crippen MR) is 98.2 cm³/mol. The average Bonchev–Trinajstić information content (AvgIpc) is 2.91. The van der Waals surface area contributed by atoms with E-state index in [4.69, 9.17) is 9.84 Å². The summed E-state index contributed by atoms with van der Waals surface area (Å²) in [5, 5.41) is 6.22. The summed E-state index contributed by atoms with van der Waals surface area (Å²) in [5.41, 5.74) is 3.64. The maximum atomic E-state index is 5.98. The van der Waals surface area contributed by atoms with Gasteiger partial charge in [0.15, 0.2) is 6.23 Å². The van der Waals surface area contributed by atoms with Crippen LogP contribution in [0.25, 0.3) is 10.9 Å². The molecule has 0 N–H and O–H groups in total. The van der Waals surface area contributed by atoms with Gasteiger partial charge in [0.05, 0.1) is 11.2 Å². The third kappa shape index (κ3) is 3.97. The second kappa shape index (κ2) is 7.64. The molecule has 3 rings (SSSR count). The molecule has 1 aromatic heterocycles. The van der Waals surface area contributed by atoms with Crippen LogP contribution in [0.2, 0.25) is 0 Å². The molecule has 0 radical (unpaired) electrons. The van der Waals surface area contributed by atoms with E-state index in [1.165, 1.54) is 22.9 Å². The summed E-state index contributed by atoms with van der Waals surface area (Å²) < 4.78 is 8.09.